The van der Waals surface area contributed by atoms with Crippen LogP contribution in [0.1, 0.15) is 22.4 Å². The minimum atomic E-state index is -0.172. The van der Waals surface area contributed by atoms with Crippen molar-refractivity contribution in [2.24, 2.45) is 4.99 Å². The Bertz CT molecular complexity index is 812. The van der Waals surface area contributed by atoms with Gasteiger partial charge in [0.1, 0.15) is 0 Å². The summed E-state index contributed by atoms with van der Waals surface area (Å²) in [5.41, 5.74) is 1.40. The first-order chi connectivity index (χ1) is 12.6. The largest absolute Gasteiger partial charge is 0.356 e. The van der Waals surface area contributed by atoms with E-state index in [9.17, 15) is 4.79 Å². The first-order valence-corrected chi connectivity index (χ1v) is 9.21. The summed E-state index contributed by atoms with van der Waals surface area (Å²) in [4.78, 5) is 21.8. The number of thiazole rings is 1. The van der Waals surface area contributed by atoms with Gasteiger partial charge in [0, 0.05) is 42.3 Å². The lowest BCUT2D eigenvalue weighted by Gasteiger charge is -2.11. The molecular formula is C19H24IN5OS. The van der Waals surface area contributed by atoms with Gasteiger partial charge < -0.3 is 16.0 Å². The number of nitrogens with zero attached hydrogens (tertiary/aromatic N) is 2. The molecule has 1 heterocycles. The van der Waals surface area contributed by atoms with Gasteiger partial charge in [-0.05, 0) is 24.6 Å². The van der Waals surface area contributed by atoms with Crippen LogP contribution in [0.3, 0.4) is 0 Å². The molecular weight excluding hydrogens is 473 g/mol. The lowest BCUT2D eigenvalue weighted by atomic mass is 10.2. The number of aliphatic imine (C=N–C) groups is 1. The van der Waals surface area contributed by atoms with E-state index in [0.717, 1.165) is 23.4 Å². The number of anilines is 1. The number of amides is 1. The Morgan fingerprint density at radius 2 is 2.19 bits per heavy atom. The van der Waals surface area contributed by atoms with Crippen LogP contribution in [0.15, 0.2) is 35.5 Å². The molecule has 6 nitrogen and oxygen atoms in total. The molecule has 0 unspecified atom stereocenters. The smallest absolute Gasteiger partial charge is 0.243 e. The van der Waals surface area contributed by atoms with Crippen LogP contribution in [-0.4, -0.2) is 37.0 Å². The number of hydrogen-bond acceptors (Lipinski definition) is 4. The predicted molar refractivity (Wildman–Crippen MR) is 123 cm³/mol. The molecule has 0 bridgehead atoms. The molecule has 0 aliphatic rings. The molecule has 0 fully saturated rings. The van der Waals surface area contributed by atoms with Gasteiger partial charge in [0.05, 0.1) is 11.6 Å². The highest BCUT2D eigenvalue weighted by Crippen LogP contribution is 2.13. The Morgan fingerprint density at radius 1 is 1.37 bits per heavy atom. The van der Waals surface area contributed by atoms with Gasteiger partial charge in [-0.15, -0.1) is 41.7 Å². The van der Waals surface area contributed by atoms with Gasteiger partial charge >= 0.3 is 0 Å². The van der Waals surface area contributed by atoms with Gasteiger partial charge in [-0.1, -0.05) is 18.9 Å². The van der Waals surface area contributed by atoms with Crippen molar-refractivity contribution in [1.29, 1.82) is 0 Å². The number of guanidine groups is 1. The molecule has 8 heteroatoms. The number of carbonyl (C=O) groups excluding carboxylic acids is 1. The third-order valence-corrected chi connectivity index (χ3v) is 4.74. The molecule has 144 valence electrons. The Kier molecular flexibility index (Phi) is 10.4. The number of aryl methyl sites for hydroxylation is 1. The third-order valence-electron chi connectivity index (χ3n) is 3.53. The van der Waals surface area contributed by atoms with Gasteiger partial charge in [-0.3, -0.25) is 9.79 Å². The highest BCUT2D eigenvalue weighted by Gasteiger charge is 2.05. The predicted octanol–water partition coefficient (Wildman–Crippen LogP) is 2.65. The van der Waals surface area contributed by atoms with Gasteiger partial charge in [-0.2, -0.15) is 0 Å². The molecule has 0 aliphatic heterocycles. The van der Waals surface area contributed by atoms with Gasteiger partial charge in [0.2, 0.25) is 5.91 Å². The average molecular weight is 497 g/mol. The van der Waals surface area contributed by atoms with Crippen molar-refractivity contribution in [3.8, 4) is 12.3 Å². The number of rotatable bonds is 7. The van der Waals surface area contributed by atoms with E-state index in [2.05, 4.69) is 38.8 Å². The summed E-state index contributed by atoms with van der Waals surface area (Å²) in [7, 11) is 1.67. The molecule has 1 amide bonds. The van der Waals surface area contributed by atoms with Gasteiger partial charge in [-0.25, -0.2) is 4.98 Å². The van der Waals surface area contributed by atoms with Crippen molar-refractivity contribution in [2.45, 2.75) is 19.8 Å². The zero-order valence-electron chi connectivity index (χ0n) is 15.4. The summed E-state index contributed by atoms with van der Waals surface area (Å²) in [6.07, 6.45) is 9.11. The summed E-state index contributed by atoms with van der Waals surface area (Å²) in [6.45, 7) is 2.93. The number of benzene rings is 1. The summed E-state index contributed by atoms with van der Waals surface area (Å²) in [6, 6.07) is 7.17. The van der Waals surface area contributed by atoms with Crippen LogP contribution in [0, 0.1) is 12.3 Å². The Hall–Kier alpha value is -2.12. The van der Waals surface area contributed by atoms with Crippen molar-refractivity contribution in [2.75, 3.05) is 25.5 Å². The Labute approximate surface area is 181 Å². The maximum Gasteiger partial charge on any atom is 0.243 e. The molecule has 0 saturated heterocycles. The summed E-state index contributed by atoms with van der Waals surface area (Å²) in [5.74, 6) is 2.94. The summed E-state index contributed by atoms with van der Waals surface area (Å²) in [5, 5.41) is 10.1. The van der Waals surface area contributed by atoms with Gasteiger partial charge in [0.15, 0.2) is 5.96 Å². The second-order valence-corrected chi connectivity index (χ2v) is 6.65. The Morgan fingerprint density at radius 3 is 2.85 bits per heavy atom. The SMILES string of the molecule is C#Cc1cccc(NC(=O)CNC(=NC)NCCc2ncc(CC)s2)c1.I. The average Bonchev–Trinajstić information content (AvgIpc) is 3.12. The van der Waals surface area contributed by atoms with Crippen LogP contribution in [-0.2, 0) is 17.6 Å². The lowest BCUT2D eigenvalue weighted by molar-refractivity contribution is -0.115. The standard InChI is InChI=1S/C19H23N5OS.HI/c1-4-14-7-6-8-15(11-14)24-17(25)13-23-19(20-3)21-10-9-18-22-12-16(5-2)26-18;/h1,6-8,11-12H,5,9-10,13H2,2-3H3,(H,24,25)(H2,20,21,23);1H. The number of hydrogen-bond donors (Lipinski definition) is 3. The maximum absolute atomic E-state index is 12.0. The summed E-state index contributed by atoms with van der Waals surface area (Å²) < 4.78 is 0. The topological polar surface area (TPSA) is 78.4 Å². The molecule has 0 aliphatic carbocycles. The van der Waals surface area contributed by atoms with Crippen molar-refractivity contribution in [1.82, 2.24) is 15.6 Å². The fourth-order valence-electron chi connectivity index (χ4n) is 2.19. The number of halogens is 1. The van der Waals surface area contributed by atoms with Crippen LogP contribution >= 0.6 is 35.3 Å². The van der Waals surface area contributed by atoms with Crippen LogP contribution < -0.4 is 16.0 Å². The lowest BCUT2D eigenvalue weighted by Crippen LogP contribution is -2.42. The van der Waals surface area contributed by atoms with E-state index in [1.54, 1.807) is 36.6 Å². The minimum Gasteiger partial charge on any atom is -0.356 e. The van der Waals surface area contributed by atoms with E-state index in [0.29, 0.717) is 18.2 Å². The molecule has 2 aromatic rings. The fourth-order valence-corrected chi connectivity index (χ4v) is 3.05. The van der Waals surface area contributed by atoms with Crippen LogP contribution in [0.5, 0.6) is 0 Å². The molecule has 1 aromatic carbocycles. The van der Waals surface area contributed by atoms with Crippen molar-refractivity contribution in [3.05, 3.63) is 45.9 Å². The number of terminal acetylenes is 1. The van der Waals surface area contributed by atoms with E-state index >= 15 is 0 Å². The highest BCUT2D eigenvalue weighted by atomic mass is 127. The number of aromatic nitrogens is 1. The second-order valence-electron chi connectivity index (χ2n) is 5.45. The normalized spacial score (nSPS) is 10.5. The molecule has 3 N–H and O–H groups in total. The van der Waals surface area contributed by atoms with Crippen molar-refractivity contribution in [3.63, 3.8) is 0 Å². The quantitative estimate of drug-likeness (QED) is 0.238. The minimum absolute atomic E-state index is 0. The third kappa shape index (κ3) is 7.97. The van der Waals surface area contributed by atoms with E-state index in [4.69, 9.17) is 6.42 Å². The molecule has 27 heavy (non-hydrogen) atoms. The number of carbonyl (C=O) groups is 1. The van der Waals surface area contributed by atoms with E-state index < -0.39 is 0 Å². The van der Waals surface area contributed by atoms with Crippen molar-refractivity contribution >= 4 is 52.9 Å². The van der Waals surface area contributed by atoms with E-state index in [1.165, 1.54) is 4.88 Å². The number of nitrogens with one attached hydrogen (secondary N) is 3. The molecule has 1 aromatic heterocycles. The first kappa shape index (κ1) is 22.9. The fraction of sp³-hybridized carbons (Fsp3) is 0.316. The van der Waals surface area contributed by atoms with E-state index in [-0.39, 0.29) is 36.4 Å². The molecule has 0 radical (unpaired) electrons. The van der Waals surface area contributed by atoms with Crippen LogP contribution in [0.4, 0.5) is 5.69 Å². The molecule has 0 saturated carbocycles. The first-order valence-electron chi connectivity index (χ1n) is 8.39. The van der Waals surface area contributed by atoms with Crippen molar-refractivity contribution < 1.29 is 4.79 Å². The van der Waals surface area contributed by atoms with Crippen LogP contribution in [0.25, 0.3) is 0 Å². The second kappa shape index (κ2) is 12.3. The maximum atomic E-state index is 12.0. The molecule has 0 atom stereocenters. The Balaban J connectivity index is 0.00000364. The molecule has 2 rings (SSSR count). The zero-order chi connectivity index (χ0) is 18.8. The van der Waals surface area contributed by atoms with Crippen LogP contribution in [0.2, 0.25) is 0 Å². The molecule has 0 spiro atoms. The zero-order valence-corrected chi connectivity index (χ0v) is 18.6. The monoisotopic (exact) mass is 497 g/mol. The van der Waals surface area contributed by atoms with E-state index in [1.807, 2.05) is 12.3 Å². The highest BCUT2D eigenvalue weighted by molar-refractivity contribution is 14.0. The summed E-state index contributed by atoms with van der Waals surface area (Å²) >= 11 is 1.73. The van der Waals surface area contributed by atoms with Gasteiger partial charge in [0.25, 0.3) is 0 Å².